The largest absolute Gasteiger partial charge is 0.392 e. The standard InChI is InChI=1S/C23H32BrN2O2/c1-4-8-26-17-10-14(13(5-2)22(26)28)19-18(26)11-23(21(19)27)15-9-12(24)6-7-16(15)25(3)20(17)23/h6-7,9,13-14,17-22,27-28H,4-5,8,10-11H2,1-3H3/q+1/t13-,14?,17-,18?,19?,20-,21?,22+,23+,26?/m0/s1. The van der Waals surface area contributed by atoms with Crippen LogP contribution in [0.25, 0.3) is 0 Å². The number of hydrogen-bond acceptors (Lipinski definition) is 3. The van der Waals surface area contributed by atoms with Gasteiger partial charge in [-0.1, -0.05) is 29.8 Å². The fourth-order valence-electron chi connectivity index (χ4n) is 9.24. The van der Waals surface area contributed by atoms with Gasteiger partial charge in [-0.15, -0.1) is 0 Å². The predicted molar refractivity (Wildman–Crippen MR) is 113 cm³/mol. The third-order valence-corrected chi connectivity index (χ3v) is 10.3. The van der Waals surface area contributed by atoms with E-state index in [0.717, 1.165) is 34.8 Å². The number of fused-ring (bicyclic) bond motifs is 2. The van der Waals surface area contributed by atoms with Crippen LogP contribution in [0, 0.1) is 17.8 Å². The number of nitrogens with zero attached hydrogens (tertiary/aromatic N) is 2. The second kappa shape index (κ2) is 5.54. The Morgan fingerprint density at radius 1 is 1.25 bits per heavy atom. The molecule has 2 N–H and O–H groups in total. The van der Waals surface area contributed by atoms with Gasteiger partial charge < -0.3 is 15.1 Å². The molecule has 5 unspecified atom stereocenters. The number of benzene rings is 1. The van der Waals surface area contributed by atoms with Crippen LogP contribution in [0.5, 0.6) is 0 Å². The summed E-state index contributed by atoms with van der Waals surface area (Å²) in [5, 5.41) is 23.7. The van der Waals surface area contributed by atoms with Crippen molar-refractivity contribution in [3.05, 3.63) is 28.2 Å². The SMILES string of the molecule is CCC[N+]12C3C[C@@]45c6cc(Br)ccc6N(C)[C@H]4[C@@H]1CC(C3C5O)[C@H](CC)[C@H]2O. The second-order valence-corrected chi connectivity index (χ2v) is 11.1. The average Bonchev–Trinajstić information content (AvgIpc) is 3.05. The first kappa shape index (κ1) is 18.2. The van der Waals surface area contributed by atoms with Gasteiger partial charge in [-0.25, -0.2) is 0 Å². The summed E-state index contributed by atoms with van der Waals surface area (Å²) >= 11 is 3.69. The van der Waals surface area contributed by atoms with Crippen LogP contribution in [0.15, 0.2) is 22.7 Å². The zero-order chi connectivity index (χ0) is 19.6. The Labute approximate surface area is 176 Å². The summed E-state index contributed by atoms with van der Waals surface area (Å²) in [4.78, 5) is 2.47. The van der Waals surface area contributed by atoms with Gasteiger partial charge in [-0.3, -0.25) is 4.48 Å². The number of quaternary nitrogens is 1. The van der Waals surface area contributed by atoms with E-state index in [-0.39, 0.29) is 23.8 Å². The van der Waals surface area contributed by atoms with Crippen LogP contribution in [-0.2, 0) is 5.41 Å². The number of halogens is 1. The first-order chi connectivity index (χ1) is 13.4. The first-order valence-corrected chi connectivity index (χ1v) is 12.0. The lowest BCUT2D eigenvalue weighted by molar-refractivity contribution is -1.04. The maximum absolute atomic E-state index is 12.0. The third-order valence-electron chi connectivity index (χ3n) is 9.78. The van der Waals surface area contributed by atoms with E-state index in [2.05, 4.69) is 59.9 Å². The normalized spacial score (nSPS) is 52.3. The van der Waals surface area contributed by atoms with E-state index < -0.39 is 0 Å². The van der Waals surface area contributed by atoms with E-state index >= 15 is 0 Å². The average molecular weight is 448 g/mol. The molecule has 0 amide bonds. The van der Waals surface area contributed by atoms with E-state index in [1.54, 1.807) is 0 Å². The van der Waals surface area contributed by atoms with E-state index in [1.807, 2.05) is 0 Å². The van der Waals surface area contributed by atoms with Crippen molar-refractivity contribution in [2.75, 3.05) is 18.5 Å². The lowest BCUT2D eigenvalue weighted by Crippen LogP contribution is -2.83. The van der Waals surface area contributed by atoms with Crippen molar-refractivity contribution in [2.45, 2.75) is 75.4 Å². The summed E-state index contributed by atoms with van der Waals surface area (Å²) in [7, 11) is 2.23. The molecule has 0 radical (unpaired) electrons. The zero-order valence-corrected chi connectivity index (χ0v) is 18.6. The fourth-order valence-corrected chi connectivity index (χ4v) is 9.60. The molecule has 1 aromatic carbocycles. The van der Waals surface area contributed by atoms with Crippen molar-refractivity contribution >= 4 is 21.6 Å². The maximum atomic E-state index is 12.0. The lowest BCUT2D eigenvalue weighted by atomic mass is 9.60. The summed E-state index contributed by atoms with van der Waals surface area (Å²) < 4.78 is 1.97. The molecule has 4 saturated heterocycles. The Morgan fingerprint density at radius 2 is 2.04 bits per heavy atom. The summed E-state index contributed by atoms with van der Waals surface area (Å²) in [6.45, 7) is 5.54. The van der Waals surface area contributed by atoms with Crippen molar-refractivity contribution in [3.63, 3.8) is 0 Å². The second-order valence-electron chi connectivity index (χ2n) is 10.2. The number of aliphatic hydroxyl groups is 2. The monoisotopic (exact) mass is 447 g/mol. The molecule has 1 spiro atoms. The van der Waals surface area contributed by atoms with E-state index in [4.69, 9.17) is 0 Å². The fraction of sp³-hybridized carbons (Fsp3) is 0.739. The third kappa shape index (κ3) is 1.66. The smallest absolute Gasteiger partial charge is 0.194 e. The Balaban J connectivity index is 1.62. The van der Waals surface area contributed by atoms with Crippen LogP contribution in [0.3, 0.4) is 0 Å². The van der Waals surface area contributed by atoms with Crippen molar-refractivity contribution < 1.29 is 14.7 Å². The van der Waals surface area contributed by atoms with Gasteiger partial charge in [0.25, 0.3) is 0 Å². The molecule has 4 nitrogen and oxygen atoms in total. The Kier molecular flexibility index (Phi) is 3.60. The molecule has 5 heteroatoms. The van der Waals surface area contributed by atoms with Crippen LogP contribution in [0.4, 0.5) is 5.69 Å². The summed E-state index contributed by atoms with van der Waals surface area (Å²) in [6, 6.07) is 7.75. The number of hydrogen-bond donors (Lipinski definition) is 2. The highest BCUT2D eigenvalue weighted by Crippen LogP contribution is 2.71. The molecule has 5 bridgehead atoms. The van der Waals surface area contributed by atoms with Crippen LogP contribution < -0.4 is 4.90 Å². The van der Waals surface area contributed by atoms with Gasteiger partial charge in [0.05, 0.1) is 30.1 Å². The van der Waals surface area contributed by atoms with Crippen molar-refractivity contribution in [3.8, 4) is 0 Å². The summed E-state index contributed by atoms with van der Waals surface area (Å²) in [5.41, 5.74) is 2.47. The summed E-state index contributed by atoms with van der Waals surface area (Å²) in [5.74, 6) is 1.13. The van der Waals surface area contributed by atoms with Gasteiger partial charge in [0.15, 0.2) is 6.23 Å². The highest BCUT2D eigenvalue weighted by Gasteiger charge is 2.82. The summed E-state index contributed by atoms with van der Waals surface area (Å²) in [6.07, 6.45) is 3.75. The molecule has 0 aromatic heterocycles. The number of rotatable bonds is 3. The molecule has 1 aliphatic carbocycles. The quantitative estimate of drug-likeness (QED) is 0.698. The maximum Gasteiger partial charge on any atom is 0.194 e. The lowest BCUT2D eigenvalue weighted by Gasteiger charge is -2.68. The van der Waals surface area contributed by atoms with Gasteiger partial charge in [-0.2, -0.15) is 0 Å². The van der Waals surface area contributed by atoms with Crippen molar-refractivity contribution in [2.24, 2.45) is 17.8 Å². The van der Waals surface area contributed by atoms with Gasteiger partial charge in [0.2, 0.25) is 0 Å². The van der Waals surface area contributed by atoms with Gasteiger partial charge in [0.1, 0.15) is 6.04 Å². The minimum Gasteiger partial charge on any atom is -0.392 e. The molecule has 5 heterocycles. The Hall–Kier alpha value is -0.620. The number of aliphatic hydroxyl groups excluding tert-OH is 2. The van der Waals surface area contributed by atoms with Crippen LogP contribution in [0.2, 0.25) is 0 Å². The topological polar surface area (TPSA) is 43.7 Å². The highest BCUT2D eigenvalue weighted by molar-refractivity contribution is 9.10. The van der Waals surface area contributed by atoms with Crippen LogP contribution in [0.1, 0.15) is 45.1 Å². The minimum absolute atomic E-state index is 0.166. The molecule has 28 heavy (non-hydrogen) atoms. The molecule has 1 aromatic rings. The molecule has 5 aliphatic heterocycles. The number of likely N-dealkylation sites (N-methyl/N-ethyl adjacent to an activating group) is 1. The molecule has 1 saturated carbocycles. The van der Waals surface area contributed by atoms with Crippen molar-refractivity contribution in [1.29, 1.82) is 0 Å². The van der Waals surface area contributed by atoms with Crippen LogP contribution in [-0.4, -0.2) is 58.7 Å². The van der Waals surface area contributed by atoms with Crippen LogP contribution >= 0.6 is 15.9 Å². The molecule has 5 fully saturated rings. The van der Waals surface area contributed by atoms with Gasteiger partial charge in [0, 0.05) is 41.9 Å². The molecule has 152 valence electrons. The van der Waals surface area contributed by atoms with Gasteiger partial charge >= 0.3 is 0 Å². The Bertz CT molecular complexity index is 848. The molecular formula is C23H32BrN2O2+. The molecule has 10 atom stereocenters. The molecular weight excluding hydrogens is 416 g/mol. The van der Waals surface area contributed by atoms with E-state index in [9.17, 15) is 10.2 Å². The van der Waals surface area contributed by atoms with E-state index in [1.165, 1.54) is 17.7 Å². The highest BCUT2D eigenvalue weighted by atomic mass is 79.9. The minimum atomic E-state index is -0.297. The number of anilines is 1. The predicted octanol–water partition coefficient (Wildman–Crippen LogP) is 3.24. The molecule has 6 aliphatic rings. The number of piperidine rings is 4. The Morgan fingerprint density at radius 3 is 2.75 bits per heavy atom. The van der Waals surface area contributed by atoms with Gasteiger partial charge in [-0.05, 0) is 42.5 Å². The first-order valence-electron chi connectivity index (χ1n) is 11.2. The zero-order valence-electron chi connectivity index (χ0n) is 17.1. The molecule has 7 rings (SSSR count). The van der Waals surface area contributed by atoms with E-state index in [0.29, 0.717) is 29.8 Å². The van der Waals surface area contributed by atoms with Crippen molar-refractivity contribution in [1.82, 2.24) is 0 Å².